The normalized spacial score (nSPS) is 18.6. The summed E-state index contributed by atoms with van der Waals surface area (Å²) in [6, 6.07) is 7.35. The van der Waals surface area contributed by atoms with Crippen LogP contribution in [0.2, 0.25) is 0 Å². The second kappa shape index (κ2) is 6.63. The lowest BCUT2D eigenvalue weighted by Gasteiger charge is -2.29. The van der Waals surface area contributed by atoms with Gasteiger partial charge in [-0.15, -0.1) is 0 Å². The minimum Gasteiger partial charge on any atom is -0.467 e. The summed E-state index contributed by atoms with van der Waals surface area (Å²) in [7, 11) is 0. The molecule has 0 unspecified atom stereocenters. The lowest BCUT2D eigenvalue weighted by atomic mass is 10.0. The number of hydrogen-bond donors (Lipinski definition) is 1. The van der Waals surface area contributed by atoms with Crippen LogP contribution in [0.3, 0.4) is 0 Å². The van der Waals surface area contributed by atoms with E-state index in [0.29, 0.717) is 13.1 Å². The lowest BCUT2D eigenvalue weighted by molar-refractivity contribution is -0.135. The molecule has 5 heteroatoms. The predicted octanol–water partition coefficient (Wildman–Crippen LogP) is 2.54. The minimum absolute atomic E-state index is 0.0938. The van der Waals surface area contributed by atoms with Crippen LogP contribution in [0.25, 0.3) is 0 Å². The van der Waals surface area contributed by atoms with E-state index < -0.39 is 0 Å². The number of piperidine rings is 1. The van der Waals surface area contributed by atoms with Crippen molar-refractivity contribution < 1.29 is 13.6 Å². The molecular weight excluding hydrogens is 268 g/mol. The van der Waals surface area contributed by atoms with Crippen molar-refractivity contribution in [3.63, 3.8) is 0 Å². The van der Waals surface area contributed by atoms with Crippen molar-refractivity contribution >= 4 is 5.91 Å². The summed E-state index contributed by atoms with van der Waals surface area (Å²) in [5.74, 6) is 1.68. The molecular formula is C16H20N2O3. The average Bonchev–Trinajstić information content (AvgIpc) is 3.20. The van der Waals surface area contributed by atoms with E-state index in [-0.39, 0.29) is 11.9 Å². The van der Waals surface area contributed by atoms with E-state index >= 15 is 0 Å². The first kappa shape index (κ1) is 13.9. The Morgan fingerprint density at radius 1 is 1.14 bits per heavy atom. The van der Waals surface area contributed by atoms with E-state index in [9.17, 15) is 4.79 Å². The van der Waals surface area contributed by atoms with Gasteiger partial charge in [0.05, 0.1) is 31.7 Å². The van der Waals surface area contributed by atoms with Gasteiger partial charge in [0, 0.05) is 0 Å². The molecule has 1 saturated heterocycles. The number of carbonyl (C=O) groups excluding carboxylic acids is 1. The first-order chi connectivity index (χ1) is 10.3. The molecule has 0 spiro atoms. The number of furan rings is 2. The van der Waals surface area contributed by atoms with Crippen LogP contribution in [-0.4, -0.2) is 23.4 Å². The largest absolute Gasteiger partial charge is 0.467 e. The second-order valence-electron chi connectivity index (χ2n) is 5.36. The molecule has 112 valence electrons. The van der Waals surface area contributed by atoms with Crippen LogP contribution in [0.15, 0.2) is 45.6 Å². The van der Waals surface area contributed by atoms with Crippen molar-refractivity contribution in [1.29, 1.82) is 0 Å². The second-order valence-corrected chi connectivity index (χ2v) is 5.36. The van der Waals surface area contributed by atoms with E-state index in [2.05, 4.69) is 5.32 Å². The van der Waals surface area contributed by atoms with Gasteiger partial charge in [-0.05, 0) is 43.7 Å². The van der Waals surface area contributed by atoms with E-state index in [1.807, 2.05) is 24.3 Å². The topological polar surface area (TPSA) is 58.6 Å². The zero-order valence-electron chi connectivity index (χ0n) is 12.0. The molecule has 3 heterocycles. The quantitative estimate of drug-likeness (QED) is 0.918. The maximum absolute atomic E-state index is 12.7. The Balaban J connectivity index is 1.72. The Morgan fingerprint density at radius 2 is 1.81 bits per heavy atom. The van der Waals surface area contributed by atoms with Crippen molar-refractivity contribution in [3.05, 3.63) is 48.3 Å². The van der Waals surface area contributed by atoms with Gasteiger partial charge < -0.3 is 19.1 Å². The van der Waals surface area contributed by atoms with Gasteiger partial charge in [0.1, 0.15) is 11.5 Å². The Labute approximate surface area is 123 Å². The Morgan fingerprint density at radius 3 is 2.29 bits per heavy atom. The van der Waals surface area contributed by atoms with Gasteiger partial charge in [0.25, 0.3) is 0 Å². The third-order valence-corrected chi connectivity index (χ3v) is 3.77. The molecule has 0 aliphatic carbocycles. The fraction of sp³-hybridized carbons (Fsp3) is 0.438. The van der Waals surface area contributed by atoms with Crippen molar-refractivity contribution in [2.45, 2.75) is 38.4 Å². The van der Waals surface area contributed by atoms with E-state index in [1.165, 1.54) is 0 Å². The molecule has 0 aromatic carbocycles. The monoisotopic (exact) mass is 288 g/mol. The van der Waals surface area contributed by atoms with Crippen molar-refractivity contribution in [3.8, 4) is 0 Å². The third kappa shape index (κ3) is 3.55. The van der Waals surface area contributed by atoms with Crippen LogP contribution >= 0.6 is 0 Å². The highest BCUT2D eigenvalue weighted by Crippen LogP contribution is 2.16. The van der Waals surface area contributed by atoms with Gasteiger partial charge in [-0.25, -0.2) is 0 Å². The highest BCUT2D eigenvalue weighted by atomic mass is 16.3. The highest BCUT2D eigenvalue weighted by Gasteiger charge is 2.26. The third-order valence-electron chi connectivity index (χ3n) is 3.77. The SMILES string of the molecule is O=C([C@@H]1CCCCN1)N(Cc1ccco1)Cc1ccco1. The summed E-state index contributed by atoms with van der Waals surface area (Å²) < 4.78 is 10.8. The minimum atomic E-state index is -0.0938. The van der Waals surface area contributed by atoms with E-state index in [0.717, 1.165) is 37.3 Å². The first-order valence-corrected chi connectivity index (χ1v) is 7.40. The zero-order chi connectivity index (χ0) is 14.5. The molecule has 2 aromatic rings. The molecule has 0 radical (unpaired) electrons. The zero-order valence-corrected chi connectivity index (χ0v) is 12.0. The van der Waals surface area contributed by atoms with Gasteiger partial charge in [0.15, 0.2) is 0 Å². The fourth-order valence-corrected chi connectivity index (χ4v) is 2.68. The first-order valence-electron chi connectivity index (χ1n) is 7.40. The summed E-state index contributed by atoms with van der Waals surface area (Å²) >= 11 is 0. The summed E-state index contributed by atoms with van der Waals surface area (Å²) in [6.07, 6.45) is 6.39. The maximum Gasteiger partial charge on any atom is 0.240 e. The molecule has 1 aliphatic heterocycles. The maximum atomic E-state index is 12.7. The van der Waals surface area contributed by atoms with Crippen LogP contribution < -0.4 is 5.32 Å². The lowest BCUT2D eigenvalue weighted by Crippen LogP contribution is -2.48. The number of rotatable bonds is 5. The molecule has 2 aromatic heterocycles. The molecule has 3 rings (SSSR count). The van der Waals surface area contributed by atoms with Crippen LogP contribution in [0.5, 0.6) is 0 Å². The fourth-order valence-electron chi connectivity index (χ4n) is 2.68. The van der Waals surface area contributed by atoms with Crippen molar-refractivity contribution in [2.75, 3.05) is 6.54 Å². The summed E-state index contributed by atoms with van der Waals surface area (Å²) in [6.45, 7) is 1.83. The average molecular weight is 288 g/mol. The molecule has 1 aliphatic rings. The van der Waals surface area contributed by atoms with Gasteiger partial charge >= 0.3 is 0 Å². The number of carbonyl (C=O) groups is 1. The number of nitrogens with one attached hydrogen (secondary N) is 1. The van der Waals surface area contributed by atoms with Gasteiger partial charge in [-0.1, -0.05) is 6.42 Å². The molecule has 0 bridgehead atoms. The number of hydrogen-bond acceptors (Lipinski definition) is 4. The molecule has 1 N–H and O–H groups in total. The Kier molecular flexibility index (Phi) is 4.40. The van der Waals surface area contributed by atoms with Crippen molar-refractivity contribution in [1.82, 2.24) is 10.2 Å². The summed E-state index contributed by atoms with van der Waals surface area (Å²) in [5, 5.41) is 3.31. The summed E-state index contributed by atoms with van der Waals surface area (Å²) in [4.78, 5) is 14.5. The summed E-state index contributed by atoms with van der Waals surface area (Å²) in [5.41, 5.74) is 0. The molecule has 21 heavy (non-hydrogen) atoms. The smallest absolute Gasteiger partial charge is 0.240 e. The van der Waals surface area contributed by atoms with Crippen LogP contribution in [0.4, 0.5) is 0 Å². The van der Waals surface area contributed by atoms with E-state index in [1.54, 1.807) is 17.4 Å². The highest BCUT2D eigenvalue weighted by molar-refractivity contribution is 5.81. The molecule has 1 atom stereocenters. The van der Waals surface area contributed by atoms with Gasteiger partial charge in [0.2, 0.25) is 5.91 Å². The van der Waals surface area contributed by atoms with Crippen LogP contribution in [0, 0.1) is 0 Å². The van der Waals surface area contributed by atoms with Crippen LogP contribution in [0.1, 0.15) is 30.8 Å². The molecule has 1 amide bonds. The molecule has 1 fully saturated rings. The number of nitrogens with zero attached hydrogens (tertiary/aromatic N) is 1. The van der Waals surface area contributed by atoms with E-state index in [4.69, 9.17) is 8.83 Å². The van der Waals surface area contributed by atoms with Gasteiger partial charge in [-0.2, -0.15) is 0 Å². The predicted molar refractivity (Wildman–Crippen MR) is 77.3 cm³/mol. The Bertz CT molecular complexity index is 506. The van der Waals surface area contributed by atoms with Gasteiger partial charge in [-0.3, -0.25) is 4.79 Å². The number of amides is 1. The molecule has 0 saturated carbocycles. The van der Waals surface area contributed by atoms with Crippen LogP contribution in [-0.2, 0) is 17.9 Å². The molecule has 5 nitrogen and oxygen atoms in total. The Hall–Kier alpha value is -2.01. The van der Waals surface area contributed by atoms with Crippen molar-refractivity contribution in [2.24, 2.45) is 0 Å². The standard InChI is InChI=1S/C16H20N2O3/c19-16(15-7-1-2-8-17-15)18(11-13-5-3-9-20-13)12-14-6-4-10-21-14/h3-6,9-10,15,17H,1-2,7-8,11-12H2/t15-/m0/s1.